The average molecular weight is 569 g/mol. The summed E-state index contributed by atoms with van der Waals surface area (Å²) in [5.41, 5.74) is -0.794. The Morgan fingerprint density at radius 2 is 1.62 bits per heavy atom. The van der Waals surface area contributed by atoms with Crippen molar-refractivity contribution in [3.63, 3.8) is 0 Å². The first-order valence-electron chi connectivity index (χ1n) is 11.3. The molecule has 2 heterocycles. The molecule has 1 aromatic heterocycles. The number of benzene rings is 3. The van der Waals surface area contributed by atoms with Crippen molar-refractivity contribution in [2.75, 3.05) is 4.90 Å². The highest BCUT2D eigenvalue weighted by Gasteiger charge is 2.35. The molecule has 11 heteroatoms. The minimum absolute atomic E-state index is 0.0104. The number of hydrogen-bond acceptors (Lipinski definition) is 5. The maximum absolute atomic E-state index is 13.3. The lowest BCUT2D eigenvalue weighted by atomic mass is 10.1. The molecule has 3 aromatic carbocycles. The molecule has 5 rings (SSSR count). The van der Waals surface area contributed by atoms with Gasteiger partial charge in [0.2, 0.25) is 0 Å². The van der Waals surface area contributed by atoms with Gasteiger partial charge in [0.15, 0.2) is 5.11 Å². The summed E-state index contributed by atoms with van der Waals surface area (Å²) in [6.07, 6.45) is -3.39. The van der Waals surface area contributed by atoms with E-state index in [2.05, 4.69) is 5.32 Å². The lowest BCUT2D eigenvalue weighted by molar-refractivity contribution is -0.137. The predicted molar refractivity (Wildman–Crippen MR) is 143 cm³/mol. The van der Waals surface area contributed by atoms with Gasteiger partial charge in [0.1, 0.15) is 28.6 Å². The molecule has 2 amide bonds. The third kappa shape index (κ3) is 5.57. The number of nitrogens with one attached hydrogen (secondary N) is 1. The summed E-state index contributed by atoms with van der Waals surface area (Å²) in [4.78, 5) is 27.1. The molecule has 0 saturated carbocycles. The van der Waals surface area contributed by atoms with E-state index < -0.39 is 23.6 Å². The van der Waals surface area contributed by atoms with Crippen molar-refractivity contribution < 1.29 is 31.9 Å². The number of para-hydroxylation sites is 1. The summed E-state index contributed by atoms with van der Waals surface area (Å²) in [5.74, 6) is -0.219. The number of furan rings is 1. The fourth-order valence-corrected chi connectivity index (χ4v) is 4.28. The van der Waals surface area contributed by atoms with Gasteiger partial charge >= 0.3 is 6.18 Å². The van der Waals surface area contributed by atoms with Crippen molar-refractivity contribution in [2.24, 2.45) is 0 Å². The Morgan fingerprint density at radius 3 is 2.31 bits per heavy atom. The molecule has 0 aliphatic carbocycles. The number of hydrogen-bond donors (Lipinski definition) is 1. The van der Waals surface area contributed by atoms with Gasteiger partial charge in [-0.2, -0.15) is 13.2 Å². The van der Waals surface area contributed by atoms with Gasteiger partial charge in [-0.1, -0.05) is 29.8 Å². The number of nitrogens with zero attached hydrogens (tertiary/aromatic N) is 1. The Balaban J connectivity index is 1.40. The molecule has 39 heavy (non-hydrogen) atoms. The van der Waals surface area contributed by atoms with Crippen molar-refractivity contribution in [2.45, 2.75) is 6.18 Å². The van der Waals surface area contributed by atoms with Gasteiger partial charge in [0, 0.05) is 5.56 Å². The van der Waals surface area contributed by atoms with Crippen molar-refractivity contribution in [3.05, 3.63) is 107 Å². The molecule has 0 unspecified atom stereocenters. The fourth-order valence-electron chi connectivity index (χ4n) is 3.79. The molecular weight excluding hydrogens is 553 g/mol. The number of carbonyl (C=O) groups is 2. The smallest absolute Gasteiger partial charge is 0.416 e. The number of anilines is 1. The topological polar surface area (TPSA) is 71.8 Å². The summed E-state index contributed by atoms with van der Waals surface area (Å²) >= 11 is 11.3. The molecule has 1 saturated heterocycles. The number of rotatable bonds is 5. The van der Waals surface area contributed by atoms with Crippen LogP contribution in [0.25, 0.3) is 17.4 Å². The second kappa shape index (κ2) is 10.4. The zero-order valence-electron chi connectivity index (χ0n) is 19.7. The number of thiocarbonyl (C=S) groups is 1. The molecule has 0 atom stereocenters. The first-order valence-corrected chi connectivity index (χ1v) is 12.1. The largest absolute Gasteiger partial charge is 0.457 e. The van der Waals surface area contributed by atoms with Crippen LogP contribution in [0.15, 0.2) is 94.9 Å². The quantitative estimate of drug-likeness (QED) is 0.156. The normalized spacial score (nSPS) is 15.0. The van der Waals surface area contributed by atoms with Crippen LogP contribution in [0.3, 0.4) is 0 Å². The van der Waals surface area contributed by atoms with E-state index in [4.69, 9.17) is 33.0 Å². The molecule has 0 spiro atoms. The van der Waals surface area contributed by atoms with Crippen LogP contribution in [0.2, 0.25) is 5.02 Å². The van der Waals surface area contributed by atoms with Crippen LogP contribution in [0, 0.1) is 0 Å². The van der Waals surface area contributed by atoms with Crippen molar-refractivity contribution in [3.8, 4) is 22.8 Å². The van der Waals surface area contributed by atoms with Crippen LogP contribution in [0.1, 0.15) is 11.3 Å². The fraction of sp³-hybridized carbons (Fsp3) is 0.0357. The van der Waals surface area contributed by atoms with E-state index in [1.165, 1.54) is 18.2 Å². The molecule has 0 radical (unpaired) electrons. The zero-order valence-corrected chi connectivity index (χ0v) is 21.2. The summed E-state index contributed by atoms with van der Waals surface area (Å²) in [6, 6.07) is 21.3. The van der Waals surface area contributed by atoms with E-state index in [1.54, 1.807) is 36.4 Å². The van der Waals surface area contributed by atoms with Crippen LogP contribution in [0.5, 0.6) is 11.5 Å². The molecule has 0 bridgehead atoms. The highest BCUT2D eigenvalue weighted by atomic mass is 35.5. The first-order chi connectivity index (χ1) is 18.6. The molecular formula is C28H16ClF3N2O4S. The van der Waals surface area contributed by atoms with Crippen molar-refractivity contribution >= 4 is 52.5 Å². The standard InChI is InChI=1S/C28H16ClF3N2O4S/c29-23-12-6-16(28(30,31)32)14-21(23)24-13-11-20(38-24)15-22-25(35)33-27(39)34(26(22)36)17-7-9-19(10-8-17)37-18-4-2-1-3-5-18/h1-15H,(H,33,35,39). The van der Waals surface area contributed by atoms with E-state index in [9.17, 15) is 22.8 Å². The SMILES string of the molecule is O=C1NC(=S)N(c2ccc(Oc3ccccc3)cc2)C(=O)C1=Cc1ccc(-c2cc(C(F)(F)F)ccc2Cl)o1. The van der Waals surface area contributed by atoms with Gasteiger partial charge < -0.3 is 9.15 Å². The van der Waals surface area contributed by atoms with Crippen molar-refractivity contribution in [1.29, 1.82) is 0 Å². The molecule has 1 fully saturated rings. The van der Waals surface area contributed by atoms with Gasteiger partial charge in [0.05, 0.1) is 16.3 Å². The van der Waals surface area contributed by atoms with Crippen LogP contribution < -0.4 is 15.0 Å². The minimum atomic E-state index is -4.57. The van der Waals surface area contributed by atoms with E-state index in [0.29, 0.717) is 17.2 Å². The lowest BCUT2D eigenvalue weighted by Gasteiger charge is -2.28. The van der Waals surface area contributed by atoms with Gasteiger partial charge in [-0.15, -0.1) is 0 Å². The monoisotopic (exact) mass is 568 g/mol. The van der Waals surface area contributed by atoms with Crippen LogP contribution in [0.4, 0.5) is 18.9 Å². The zero-order chi connectivity index (χ0) is 27.7. The molecule has 4 aromatic rings. The van der Waals surface area contributed by atoms with Gasteiger partial charge in [-0.05, 0) is 85.0 Å². The molecule has 196 valence electrons. The third-order valence-electron chi connectivity index (χ3n) is 5.65. The van der Waals surface area contributed by atoms with Crippen molar-refractivity contribution in [1.82, 2.24) is 5.32 Å². The highest BCUT2D eigenvalue weighted by molar-refractivity contribution is 7.80. The van der Waals surface area contributed by atoms with Gasteiger partial charge in [-0.25, -0.2) is 0 Å². The second-order valence-corrected chi connectivity index (χ2v) is 9.06. The summed E-state index contributed by atoms with van der Waals surface area (Å²) < 4.78 is 50.9. The highest BCUT2D eigenvalue weighted by Crippen LogP contribution is 2.37. The summed E-state index contributed by atoms with van der Waals surface area (Å²) in [5, 5.41) is 2.39. The maximum atomic E-state index is 13.3. The van der Waals surface area contributed by atoms with Crippen LogP contribution >= 0.6 is 23.8 Å². The first kappa shape index (κ1) is 26.2. The Bertz CT molecular complexity index is 1620. The molecule has 1 aliphatic rings. The molecule has 6 nitrogen and oxygen atoms in total. The average Bonchev–Trinajstić information content (AvgIpc) is 3.36. The molecule has 1 N–H and O–H groups in total. The van der Waals surface area contributed by atoms with E-state index in [-0.39, 0.29) is 32.8 Å². The predicted octanol–water partition coefficient (Wildman–Crippen LogP) is 7.24. The third-order valence-corrected chi connectivity index (χ3v) is 6.26. The van der Waals surface area contributed by atoms with Crippen LogP contribution in [-0.2, 0) is 15.8 Å². The second-order valence-electron chi connectivity index (χ2n) is 8.26. The van der Waals surface area contributed by atoms with E-state index >= 15 is 0 Å². The number of amides is 2. The number of halogens is 4. The Labute approximate surface area is 230 Å². The van der Waals surface area contributed by atoms with Crippen LogP contribution in [-0.4, -0.2) is 16.9 Å². The number of carbonyl (C=O) groups excluding carboxylic acids is 2. The Morgan fingerprint density at radius 1 is 0.923 bits per heavy atom. The molecule has 1 aliphatic heterocycles. The summed E-state index contributed by atoms with van der Waals surface area (Å²) in [7, 11) is 0. The lowest BCUT2D eigenvalue weighted by Crippen LogP contribution is -2.54. The maximum Gasteiger partial charge on any atom is 0.416 e. The summed E-state index contributed by atoms with van der Waals surface area (Å²) in [6.45, 7) is 0. The van der Waals surface area contributed by atoms with Gasteiger partial charge in [-0.3, -0.25) is 19.8 Å². The Kier molecular flexibility index (Phi) is 6.98. The van der Waals surface area contributed by atoms with E-state index in [1.807, 2.05) is 18.2 Å². The number of alkyl halides is 3. The van der Waals surface area contributed by atoms with E-state index in [0.717, 1.165) is 23.1 Å². The minimum Gasteiger partial charge on any atom is -0.457 e. The Hall–Kier alpha value is -4.41. The van der Waals surface area contributed by atoms with Gasteiger partial charge in [0.25, 0.3) is 11.8 Å². The number of ether oxygens (including phenoxy) is 1.